The summed E-state index contributed by atoms with van der Waals surface area (Å²) in [5, 5.41) is 5.50. The number of nitrogens with one attached hydrogen (secondary N) is 2. The van der Waals surface area contributed by atoms with E-state index in [9.17, 15) is 19.2 Å². The van der Waals surface area contributed by atoms with E-state index in [0.717, 1.165) is 5.56 Å². The van der Waals surface area contributed by atoms with Crippen molar-refractivity contribution >= 4 is 23.8 Å². The number of amides is 4. The molecule has 10 nitrogen and oxygen atoms in total. The van der Waals surface area contributed by atoms with Crippen molar-refractivity contribution in [2.24, 2.45) is 0 Å². The summed E-state index contributed by atoms with van der Waals surface area (Å²) >= 11 is 0. The maximum atomic E-state index is 13.1. The van der Waals surface area contributed by atoms with Crippen LogP contribution in [0.4, 0.5) is 4.79 Å². The molecule has 4 amide bonds. The fourth-order valence-electron chi connectivity index (χ4n) is 3.51. The van der Waals surface area contributed by atoms with E-state index in [4.69, 9.17) is 9.47 Å². The number of carbonyl (C=O) groups is 4. The Morgan fingerprint density at radius 2 is 1.72 bits per heavy atom. The van der Waals surface area contributed by atoms with Crippen molar-refractivity contribution < 1.29 is 28.7 Å². The minimum Gasteiger partial charge on any atom is -0.497 e. The molecule has 0 radical (unpaired) electrons. The topological polar surface area (TPSA) is 117 Å². The molecule has 1 heterocycles. The lowest BCUT2D eigenvalue weighted by Crippen LogP contribution is -2.63. The molecule has 2 unspecified atom stereocenters. The SMILES string of the molecule is COC(=O)C(Cc1ccc(OC)cc1)NC(=O)C1CN(C(=O)NC(C)C)CCN1C(C)=O. The van der Waals surface area contributed by atoms with Gasteiger partial charge in [-0.3, -0.25) is 9.59 Å². The van der Waals surface area contributed by atoms with Crippen molar-refractivity contribution in [2.75, 3.05) is 33.9 Å². The van der Waals surface area contributed by atoms with E-state index >= 15 is 0 Å². The second-order valence-corrected chi connectivity index (χ2v) is 7.91. The van der Waals surface area contributed by atoms with Gasteiger partial charge in [-0.2, -0.15) is 0 Å². The average Bonchev–Trinajstić information content (AvgIpc) is 2.77. The van der Waals surface area contributed by atoms with E-state index in [1.165, 1.54) is 23.8 Å². The maximum absolute atomic E-state index is 13.1. The van der Waals surface area contributed by atoms with Crippen LogP contribution in [0.1, 0.15) is 26.3 Å². The first-order valence-electron chi connectivity index (χ1n) is 10.5. The number of ether oxygens (including phenoxy) is 2. The summed E-state index contributed by atoms with van der Waals surface area (Å²) < 4.78 is 10.00. The minimum absolute atomic E-state index is 0.0282. The normalized spacial score (nSPS) is 16.9. The van der Waals surface area contributed by atoms with Gasteiger partial charge in [0, 0.05) is 32.5 Å². The Morgan fingerprint density at radius 1 is 1.06 bits per heavy atom. The summed E-state index contributed by atoms with van der Waals surface area (Å²) in [5.41, 5.74) is 0.798. The molecule has 2 rings (SSSR count). The van der Waals surface area contributed by atoms with Crippen LogP contribution in [0.3, 0.4) is 0 Å². The third kappa shape index (κ3) is 6.60. The van der Waals surface area contributed by atoms with Gasteiger partial charge in [0.05, 0.1) is 20.8 Å². The van der Waals surface area contributed by atoms with Gasteiger partial charge in [0.1, 0.15) is 17.8 Å². The first kappa shape index (κ1) is 25.0. The Hall–Kier alpha value is -3.30. The number of hydrogen-bond acceptors (Lipinski definition) is 6. The summed E-state index contributed by atoms with van der Waals surface area (Å²) in [5.74, 6) is -0.731. The Balaban J connectivity index is 2.16. The number of urea groups is 1. The fourth-order valence-corrected chi connectivity index (χ4v) is 3.51. The number of benzene rings is 1. The van der Waals surface area contributed by atoms with Gasteiger partial charge >= 0.3 is 12.0 Å². The van der Waals surface area contributed by atoms with E-state index in [0.29, 0.717) is 12.3 Å². The highest BCUT2D eigenvalue weighted by Gasteiger charge is 2.37. The van der Waals surface area contributed by atoms with E-state index in [-0.39, 0.29) is 37.5 Å². The Bertz CT molecular complexity index is 826. The van der Waals surface area contributed by atoms with Crippen LogP contribution < -0.4 is 15.4 Å². The largest absolute Gasteiger partial charge is 0.497 e. The quantitative estimate of drug-likeness (QED) is 0.588. The van der Waals surface area contributed by atoms with Gasteiger partial charge < -0.3 is 29.9 Å². The Kier molecular flexibility index (Phi) is 8.86. The molecular weight excluding hydrogens is 416 g/mol. The number of carbonyl (C=O) groups excluding carboxylic acids is 4. The first-order valence-corrected chi connectivity index (χ1v) is 10.5. The molecule has 2 N–H and O–H groups in total. The molecule has 10 heteroatoms. The molecule has 1 aliphatic heterocycles. The molecular formula is C22H32N4O6. The van der Waals surface area contributed by atoms with Crippen molar-refractivity contribution in [3.8, 4) is 5.75 Å². The lowest BCUT2D eigenvalue weighted by Gasteiger charge is -2.40. The number of esters is 1. The van der Waals surface area contributed by atoms with Crippen molar-refractivity contribution in [1.29, 1.82) is 0 Å². The van der Waals surface area contributed by atoms with E-state index in [2.05, 4.69) is 10.6 Å². The van der Waals surface area contributed by atoms with Gasteiger partial charge in [0.25, 0.3) is 0 Å². The number of hydrogen-bond donors (Lipinski definition) is 2. The first-order chi connectivity index (χ1) is 15.2. The highest BCUT2D eigenvalue weighted by Crippen LogP contribution is 2.15. The van der Waals surface area contributed by atoms with E-state index in [1.54, 1.807) is 31.4 Å². The molecule has 176 valence electrons. The van der Waals surface area contributed by atoms with Crippen LogP contribution in [-0.4, -0.2) is 85.6 Å². The fraction of sp³-hybridized carbons (Fsp3) is 0.545. The zero-order valence-corrected chi connectivity index (χ0v) is 19.2. The maximum Gasteiger partial charge on any atom is 0.328 e. The Morgan fingerprint density at radius 3 is 2.25 bits per heavy atom. The number of rotatable bonds is 7. The predicted octanol–water partition coefficient (Wildman–Crippen LogP) is 0.546. The van der Waals surface area contributed by atoms with Crippen LogP contribution in [0.2, 0.25) is 0 Å². The van der Waals surface area contributed by atoms with Crippen molar-refractivity contribution in [2.45, 2.75) is 45.3 Å². The summed E-state index contributed by atoms with van der Waals surface area (Å²) in [6.07, 6.45) is 0.201. The van der Waals surface area contributed by atoms with Crippen LogP contribution in [0, 0.1) is 0 Å². The standard InChI is InChI=1S/C22H32N4O6/c1-14(2)23-22(30)25-10-11-26(15(3)27)19(13-25)20(28)24-18(21(29)32-5)12-16-6-8-17(31-4)9-7-16/h6-9,14,18-19H,10-13H2,1-5H3,(H,23,30)(H,24,28). The van der Waals surface area contributed by atoms with Crippen LogP contribution in [0.25, 0.3) is 0 Å². The zero-order valence-electron chi connectivity index (χ0n) is 19.2. The van der Waals surface area contributed by atoms with Gasteiger partial charge in [-0.25, -0.2) is 9.59 Å². The summed E-state index contributed by atoms with van der Waals surface area (Å²) in [7, 11) is 2.80. The van der Waals surface area contributed by atoms with E-state index in [1.807, 2.05) is 13.8 Å². The second kappa shape index (κ2) is 11.4. The van der Waals surface area contributed by atoms with Crippen LogP contribution in [0.15, 0.2) is 24.3 Å². The van der Waals surface area contributed by atoms with Crippen molar-refractivity contribution in [3.63, 3.8) is 0 Å². The molecule has 1 aromatic rings. The molecule has 32 heavy (non-hydrogen) atoms. The van der Waals surface area contributed by atoms with Crippen LogP contribution >= 0.6 is 0 Å². The lowest BCUT2D eigenvalue weighted by atomic mass is 10.0. The highest BCUT2D eigenvalue weighted by molar-refractivity contribution is 5.91. The molecule has 0 bridgehead atoms. The molecule has 1 aliphatic rings. The molecule has 0 saturated carbocycles. The van der Waals surface area contributed by atoms with Gasteiger partial charge in [-0.15, -0.1) is 0 Å². The van der Waals surface area contributed by atoms with Gasteiger partial charge in [0.2, 0.25) is 11.8 Å². The Labute approximate surface area is 188 Å². The molecule has 0 spiro atoms. The predicted molar refractivity (Wildman–Crippen MR) is 117 cm³/mol. The van der Waals surface area contributed by atoms with Crippen LogP contribution in [-0.2, 0) is 25.5 Å². The van der Waals surface area contributed by atoms with Crippen molar-refractivity contribution in [1.82, 2.24) is 20.4 Å². The molecule has 0 aromatic heterocycles. The molecule has 0 aliphatic carbocycles. The third-order valence-corrected chi connectivity index (χ3v) is 5.19. The van der Waals surface area contributed by atoms with Crippen molar-refractivity contribution in [3.05, 3.63) is 29.8 Å². The highest BCUT2D eigenvalue weighted by atomic mass is 16.5. The molecule has 1 saturated heterocycles. The molecule has 1 aromatic carbocycles. The van der Waals surface area contributed by atoms with Gasteiger partial charge in [-0.05, 0) is 31.5 Å². The summed E-state index contributed by atoms with van der Waals surface area (Å²) in [6, 6.07) is 4.88. The summed E-state index contributed by atoms with van der Waals surface area (Å²) in [6.45, 7) is 5.62. The third-order valence-electron chi connectivity index (χ3n) is 5.19. The second-order valence-electron chi connectivity index (χ2n) is 7.91. The van der Waals surface area contributed by atoms with Crippen LogP contribution in [0.5, 0.6) is 5.75 Å². The molecule has 2 atom stereocenters. The minimum atomic E-state index is -0.949. The zero-order chi connectivity index (χ0) is 23.8. The van der Waals surface area contributed by atoms with E-state index < -0.39 is 24.0 Å². The number of methoxy groups -OCH3 is 2. The lowest BCUT2D eigenvalue weighted by molar-refractivity contribution is -0.147. The summed E-state index contributed by atoms with van der Waals surface area (Å²) in [4.78, 5) is 52.9. The number of nitrogens with zero attached hydrogens (tertiary/aromatic N) is 2. The monoisotopic (exact) mass is 448 g/mol. The molecule has 1 fully saturated rings. The van der Waals surface area contributed by atoms with Gasteiger partial charge in [0.15, 0.2) is 0 Å². The van der Waals surface area contributed by atoms with Gasteiger partial charge in [-0.1, -0.05) is 12.1 Å². The smallest absolute Gasteiger partial charge is 0.328 e. The average molecular weight is 449 g/mol. The number of piperazine rings is 1.